The molecule has 15 heavy (non-hydrogen) atoms. The largest absolute Gasteiger partial charge is 0.312 e. The Kier molecular flexibility index (Phi) is 1.99. The van der Waals surface area contributed by atoms with Crippen molar-refractivity contribution in [1.29, 1.82) is 0 Å². The van der Waals surface area contributed by atoms with Gasteiger partial charge in [0.1, 0.15) is 0 Å². The Morgan fingerprint density at radius 2 is 2.20 bits per heavy atom. The van der Waals surface area contributed by atoms with Crippen molar-refractivity contribution in [3.05, 3.63) is 28.8 Å². The number of fused-ring (bicyclic) bond motifs is 1. The zero-order valence-electron chi connectivity index (χ0n) is 8.37. The molecule has 3 heteroatoms. The van der Waals surface area contributed by atoms with E-state index in [0.29, 0.717) is 11.8 Å². The Morgan fingerprint density at radius 1 is 1.40 bits per heavy atom. The summed E-state index contributed by atoms with van der Waals surface area (Å²) < 4.78 is 0. The molecule has 1 saturated carbocycles. The van der Waals surface area contributed by atoms with Crippen LogP contribution in [0, 0.1) is 5.92 Å². The number of carbonyl (C=O) groups is 1. The van der Waals surface area contributed by atoms with E-state index in [1.807, 2.05) is 23.1 Å². The molecule has 0 spiro atoms. The van der Waals surface area contributed by atoms with Gasteiger partial charge in [-0.05, 0) is 43.0 Å². The molecule has 1 heterocycles. The van der Waals surface area contributed by atoms with Crippen LogP contribution in [0.3, 0.4) is 0 Å². The summed E-state index contributed by atoms with van der Waals surface area (Å²) in [6.07, 6.45) is 3.07. The van der Waals surface area contributed by atoms with E-state index in [1.165, 1.54) is 5.56 Å². The molecule has 0 unspecified atom stereocenters. The van der Waals surface area contributed by atoms with Gasteiger partial charge in [0.2, 0.25) is 5.91 Å². The summed E-state index contributed by atoms with van der Waals surface area (Å²) in [5.74, 6) is 0.600. The lowest BCUT2D eigenvalue weighted by atomic mass is 10.2. The average molecular weight is 222 g/mol. The first-order valence-corrected chi connectivity index (χ1v) is 5.73. The molecule has 78 valence electrons. The van der Waals surface area contributed by atoms with Crippen LogP contribution in [0.2, 0.25) is 5.02 Å². The van der Waals surface area contributed by atoms with Crippen molar-refractivity contribution in [3.8, 4) is 0 Å². The van der Waals surface area contributed by atoms with Crippen molar-refractivity contribution in [1.82, 2.24) is 0 Å². The number of hydrogen-bond acceptors (Lipinski definition) is 1. The molecular formula is C12H12ClNO. The standard InChI is InChI=1S/C12H12ClNO/c13-10-3-4-11-9(7-10)5-6-14(11)12(15)8-1-2-8/h3-4,7-8H,1-2,5-6H2. The molecule has 1 aliphatic carbocycles. The lowest BCUT2D eigenvalue weighted by Gasteiger charge is -2.16. The third-order valence-corrected chi connectivity index (χ3v) is 3.36. The summed E-state index contributed by atoms with van der Waals surface area (Å²) in [5.41, 5.74) is 2.27. The van der Waals surface area contributed by atoms with Crippen LogP contribution in [0.4, 0.5) is 5.69 Å². The Bertz CT molecular complexity index is 426. The molecule has 1 aromatic carbocycles. The van der Waals surface area contributed by atoms with Crippen molar-refractivity contribution >= 4 is 23.2 Å². The topological polar surface area (TPSA) is 20.3 Å². The zero-order chi connectivity index (χ0) is 10.4. The maximum Gasteiger partial charge on any atom is 0.230 e. The maximum absolute atomic E-state index is 11.9. The third-order valence-electron chi connectivity index (χ3n) is 3.13. The van der Waals surface area contributed by atoms with Crippen LogP contribution in [0.15, 0.2) is 18.2 Å². The highest BCUT2D eigenvalue weighted by atomic mass is 35.5. The van der Waals surface area contributed by atoms with Gasteiger partial charge in [-0.1, -0.05) is 11.6 Å². The van der Waals surface area contributed by atoms with Crippen LogP contribution in [0.25, 0.3) is 0 Å². The monoisotopic (exact) mass is 221 g/mol. The van der Waals surface area contributed by atoms with Crippen molar-refractivity contribution in [2.24, 2.45) is 5.92 Å². The number of rotatable bonds is 1. The van der Waals surface area contributed by atoms with Gasteiger partial charge in [-0.15, -0.1) is 0 Å². The van der Waals surface area contributed by atoms with E-state index in [0.717, 1.165) is 36.5 Å². The number of benzene rings is 1. The minimum absolute atomic E-state index is 0.298. The number of halogens is 1. The van der Waals surface area contributed by atoms with E-state index in [-0.39, 0.29) is 0 Å². The van der Waals surface area contributed by atoms with E-state index < -0.39 is 0 Å². The molecule has 0 N–H and O–H groups in total. The smallest absolute Gasteiger partial charge is 0.230 e. The highest BCUT2D eigenvalue weighted by Crippen LogP contribution is 2.37. The zero-order valence-corrected chi connectivity index (χ0v) is 9.13. The Hall–Kier alpha value is -1.02. The highest BCUT2D eigenvalue weighted by Gasteiger charge is 2.36. The van der Waals surface area contributed by atoms with Crippen LogP contribution < -0.4 is 4.90 Å². The normalized spacial score (nSPS) is 19.1. The Balaban J connectivity index is 1.93. The fraction of sp³-hybridized carbons (Fsp3) is 0.417. The molecule has 0 saturated heterocycles. The van der Waals surface area contributed by atoms with Gasteiger partial charge in [-0.25, -0.2) is 0 Å². The van der Waals surface area contributed by atoms with E-state index in [4.69, 9.17) is 11.6 Å². The van der Waals surface area contributed by atoms with Gasteiger partial charge in [-0.2, -0.15) is 0 Å². The van der Waals surface area contributed by atoms with Crippen LogP contribution in [0.1, 0.15) is 18.4 Å². The van der Waals surface area contributed by atoms with Gasteiger partial charge in [0.05, 0.1) is 0 Å². The van der Waals surface area contributed by atoms with Gasteiger partial charge < -0.3 is 4.90 Å². The number of amides is 1. The van der Waals surface area contributed by atoms with E-state index in [2.05, 4.69) is 0 Å². The Labute approximate surface area is 93.8 Å². The third kappa shape index (κ3) is 1.53. The fourth-order valence-electron chi connectivity index (χ4n) is 2.15. The Morgan fingerprint density at radius 3 is 2.93 bits per heavy atom. The lowest BCUT2D eigenvalue weighted by molar-refractivity contribution is -0.119. The van der Waals surface area contributed by atoms with Crippen LogP contribution in [-0.2, 0) is 11.2 Å². The van der Waals surface area contributed by atoms with Gasteiger partial charge in [0, 0.05) is 23.2 Å². The molecule has 1 amide bonds. The van der Waals surface area contributed by atoms with Gasteiger partial charge in [-0.3, -0.25) is 4.79 Å². The molecule has 1 fully saturated rings. The second-order valence-corrected chi connectivity index (χ2v) is 4.72. The first-order chi connectivity index (χ1) is 7.25. The SMILES string of the molecule is O=C(C1CC1)N1CCc2cc(Cl)ccc21. The summed E-state index contributed by atoms with van der Waals surface area (Å²) in [7, 11) is 0. The summed E-state index contributed by atoms with van der Waals surface area (Å²) in [4.78, 5) is 13.9. The second-order valence-electron chi connectivity index (χ2n) is 4.29. The summed E-state index contributed by atoms with van der Waals surface area (Å²) in [6, 6.07) is 5.79. The molecule has 0 radical (unpaired) electrons. The molecule has 2 aliphatic rings. The predicted octanol–water partition coefficient (Wildman–Crippen LogP) is 2.64. The van der Waals surface area contributed by atoms with Gasteiger partial charge in [0.15, 0.2) is 0 Å². The van der Waals surface area contributed by atoms with Crippen LogP contribution >= 0.6 is 11.6 Å². The van der Waals surface area contributed by atoms with Crippen LogP contribution in [-0.4, -0.2) is 12.5 Å². The lowest BCUT2D eigenvalue weighted by Crippen LogP contribution is -2.30. The molecule has 3 rings (SSSR count). The summed E-state index contributed by atoms with van der Waals surface area (Å²) >= 11 is 5.92. The van der Waals surface area contributed by atoms with E-state index in [9.17, 15) is 4.79 Å². The highest BCUT2D eigenvalue weighted by molar-refractivity contribution is 6.30. The molecule has 0 bridgehead atoms. The van der Waals surface area contributed by atoms with E-state index >= 15 is 0 Å². The second kappa shape index (κ2) is 3.24. The fourth-order valence-corrected chi connectivity index (χ4v) is 2.34. The van der Waals surface area contributed by atoms with E-state index in [1.54, 1.807) is 0 Å². The average Bonchev–Trinajstić information content (AvgIpc) is 2.98. The van der Waals surface area contributed by atoms with Crippen molar-refractivity contribution in [2.45, 2.75) is 19.3 Å². The summed E-state index contributed by atoms with van der Waals surface area (Å²) in [6.45, 7) is 0.824. The molecule has 0 aromatic heterocycles. The number of hydrogen-bond donors (Lipinski definition) is 0. The molecular weight excluding hydrogens is 210 g/mol. The maximum atomic E-state index is 11.9. The molecule has 1 aromatic rings. The number of anilines is 1. The molecule has 2 nitrogen and oxygen atoms in total. The minimum atomic E-state index is 0.298. The molecule has 0 atom stereocenters. The first kappa shape index (κ1) is 9.22. The van der Waals surface area contributed by atoms with Gasteiger partial charge in [0.25, 0.3) is 0 Å². The number of carbonyl (C=O) groups excluding carboxylic acids is 1. The van der Waals surface area contributed by atoms with Crippen LogP contribution in [0.5, 0.6) is 0 Å². The van der Waals surface area contributed by atoms with Gasteiger partial charge >= 0.3 is 0 Å². The molecule has 1 aliphatic heterocycles. The number of nitrogens with zero attached hydrogens (tertiary/aromatic N) is 1. The first-order valence-electron chi connectivity index (χ1n) is 5.35. The predicted molar refractivity (Wildman–Crippen MR) is 60.2 cm³/mol. The quantitative estimate of drug-likeness (QED) is 0.714. The van der Waals surface area contributed by atoms with Crippen molar-refractivity contribution in [2.75, 3.05) is 11.4 Å². The van der Waals surface area contributed by atoms with Crippen molar-refractivity contribution < 1.29 is 4.79 Å². The van der Waals surface area contributed by atoms with Crippen molar-refractivity contribution in [3.63, 3.8) is 0 Å². The summed E-state index contributed by atoms with van der Waals surface area (Å²) in [5, 5.41) is 0.759. The minimum Gasteiger partial charge on any atom is -0.312 e.